The molecule has 0 aliphatic carbocycles. The first kappa shape index (κ1) is 26.2. The van der Waals surface area contributed by atoms with Crippen molar-refractivity contribution < 1.29 is 13.2 Å². The molecule has 0 atom stereocenters. The highest BCUT2D eigenvalue weighted by molar-refractivity contribution is 7.89. The van der Waals surface area contributed by atoms with Crippen LogP contribution in [0.1, 0.15) is 21.5 Å². The Bertz CT molecular complexity index is 1210. The van der Waals surface area contributed by atoms with Gasteiger partial charge >= 0.3 is 0 Å². The molecule has 0 N–H and O–H groups in total. The predicted octanol–water partition coefficient (Wildman–Crippen LogP) is 3.79. The van der Waals surface area contributed by atoms with Gasteiger partial charge in [0.05, 0.1) is 15.1 Å². The molecule has 0 unspecified atom stereocenters. The molecule has 0 bridgehead atoms. The number of aromatic nitrogens is 1. The average molecular weight is 497 g/mol. The van der Waals surface area contributed by atoms with Crippen LogP contribution in [0.5, 0.6) is 0 Å². The highest BCUT2D eigenvalue weighted by Gasteiger charge is 2.23. The maximum absolute atomic E-state index is 13.4. The molecule has 0 saturated carbocycles. The number of carbonyl (C=O) groups excluding carboxylic acids is 1. The number of benzene rings is 2. The van der Waals surface area contributed by atoms with Crippen molar-refractivity contribution in [3.05, 3.63) is 53.1 Å². The van der Waals surface area contributed by atoms with Gasteiger partial charge in [-0.15, -0.1) is 12.4 Å². The van der Waals surface area contributed by atoms with E-state index in [0.717, 1.165) is 25.6 Å². The number of hydrogen-bond donors (Lipinski definition) is 0. The summed E-state index contributed by atoms with van der Waals surface area (Å²) in [4.78, 5) is 22.0. The number of anilines is 1. The zero-order valence-corrected chi connectivity index (χ0v) is 21.6. The molecule has 1 heterocycles. The molecule has 0 spiro atoms. The van der Waals surface area contributed by atoms with Crippen molar-refractivity contribution in [2.75, 3.05) is 46.2 Å². The van der Waals surface area contributed by atoms with E-state index in [1.165, 1.54) is 37.6 Å². The van der Waals surface area contributed by atoms with Gasteiger partial charge in [-0.1, -0.05) is 17.4 Å². The Morgan fingerprint density at radius 3 is 2.16 bits per heavy atom. The minimum atomic E-state index is -3.55. The Morgan fingerprint density at radius 2 is 1.59 bits per heavy atom. The monoisotopic (exact) mass is 496 g/mol. The maximum atomic E-state index is 13.4. The van der Waals surface area contributed by atoms with Crippen LogP contribution in [-0.4, -0.2) is 69.8 Å². The Morgan fingerprint density at radius 1 is 0.969 bits per heavy atom. The quantitative estimate of drug-likeness (QED) is 0.497. The minimum absolute atomic E-state index is 0. The van der Waals surface area contributed by atoms with Crippen molar-refractivity contribution >= 4 is 55.0 Å². The molecule has 2 aromatic carbocycles. The maximum Gasteiger partial charge on any atom is 0.260 e. The van der Waals surface area contributed by atoms with E-state index >= 15 is 0 Å². The van der Waals surface area contributed by atoms with Gasteiger partial charge in [0.1, 0.15) is 0 Å². The first-order valence-electron chi connectivity index (χ1n) is 9.88. The van der Waals surface area contributed by atoms with E-state index in [0.29, 0.717) is 23.8 Å². The third kappa shape index (κ3) is 5.29. The zero-order valence-electron chi connectivity index (χ0n) is 19.1. The van der Waals surface area contributed by atoms with Crippen LogP contribution in [-0.2, 0) is 10.0 Å². The predicted molar refractivity (Wildman–Crippen MR) is 134 cm³/mol. The lowest BCUT2D eigenvalue weighted by atomic mass is 10.1. The summed E-state index contributed by atoms with van der Waals surface area (Å²) in [6.07, 6.45) is 0. The Kier molecular flexibility index (Phi) is 8.41. The van der Waals surface area contributed by atoms with Crippen LogP contribution in [0.15, 0.2) is 41.3 Å². The molecule has 1 amide bonds. The van der Waals surface area contributed by atoms with Gasteiger partial charge in [0.15, 0.2) is 5.13 Å². The van der Waals surface area contributed by atoms with Gasteiger partial charge in [0.2, 0.25) is 10.0 Å². The van der Waals surface area contributed by atoms with Crippen molar-refractivity contribution in [1.29, 1.82) is 0 Å². The molecular formula is C22H29ClN4O3S2. The van der Waals surface area contributed by atoms with Gasteiger partial charge < -0.3 is 4.90 Å². The highest BCUT2D eigenvalue weighted by Crippen LogP contribution is 2.32. The smallest absolute Gasteiger partial charge is 0.260 e. The third-order valence-electron chi connectivity index (χ3n) is 5.20. The summed E-state index contributed by atoms with van der Waals surface area (Å²) in [7, 11) is 3.32. The van der Waals surface area contributed by atoms with Crippen LogP contribution in [0.2, 0.25) is 0 Å². The lowest BCUT2D eigenvalue weighted by molar-refractivity contribution is 0.0985. The van der Waals surface area contributed by atoms with Crippen molar-refractivity contribution in [2.24, 2.45) is 0 Å². The van der Waals surface area contributed by atoms with Gasteiger partial charge in [-0.2, -0.15) is 0 Å². The topological polar surface area (TPSA) is 73.8 Å². The van der Waals surface area contributed by atoms with Crippen LogP contribution < -0.4 is 4.90 Å². The lowest BCUT2D eigenvalue weighted by Gasteiger charge is -2.22. The first-order valence-corrected chi connectivity index (χ1v) is 12.1. The van der Waals surface area contributed by atoms with E-state index in [-0.39, 0.29) is 23.2 Å². The Labute approximate surface area is 200 Å². The van der Waals surface area contributed by atoms with Crippen molar-refractivity contribution in [1.82, 2.24) is 14.2 Å². The van der Waals surface area contributed by atoms with E-state index in [1.54, 1.807) is 17.0 Å². The average Bonchev–Trinajstić information content (AvgIpc) is 3.15. The molecule has 1 aromatic heterocycles. The van der Waals surface area contributed by atoms with Gasteiger partial charge in [-0.3, -0.25) is 9.69 Å². The number of aryl methyl sites for hydroxylation is 2. The van der Waals surface area contributed by atoms with Gasteiger partial charge in [-0.05, 0) is 69.4 Å². The third-order valence-corrected chi connectivity index (χ3v) is 8.07. The fourth-order valence-corrected chi connectivity index (χ4v) is 5.00. The fraction of sp³-hybridized carbons (Fsp3) is 0.364. The molecule has 7 nitrogen and oxygen atoms in total. The number of carbonyl (C=O) groups is 1. The lowest BCUT2D eigenvalue weighted by Crippen LogP contribution is -2.36. The van der Waals surface area contributed by atoms with Gasteiger partial charge in [0.25, 0.3) is 5.91 Å². The normalized spacial score (nSPS) is 11.8. The van der Waals surface area contributed by atoms with Crippen molar-refractivity contribution in [2.45, 2.75) is 18.7 Å². The molecule has 0 radical (unpaired) electrons. The number of amides is 1. The number of fused-ring (bicyclic) bond motifs is 1. The summed E-state index contributed by atoms with van der Waals surface area (Å²) >= 11 is 1.49. The van der Waals surface area contributed by atoms with Crippen LogP contribution in [0.3, 0.4) is 0 Å². The standard InChI is InChI=1S/C22H28N4O3S2.ClH/c1-15-7-12-19-20(16(15)2)23-22(30-19)26(14-13-24(3)4)21(27)17-8-10-18(11-9-17)31(28,29)25(5)6;/h7-12H,13-14H2,1-6H3;1H. The highest BCUT2D eigenvalue weighted by atomic mass is 35.5. The Hall–Kier alpha value is -2.04. The number of thiazole rings is 1. The second-order valence-corrected chi connectivity index (χ2v) is 11.1. The van der Waals surface area contributed by atoms with Crippen LogP contribution in [0.4, 0.5) is 5.13 Å². The molecule has 0 aliphatic rings. The van der Waals surface area contributed by atoms with Gasteiger partial charge in [0, 0.05) is 32.7 Å². The fourth-order valence-electron chi connectivity index (χ4n) is 3.05. The summed E-state index contributed by atoms with van der Waals surface area (Å²) in [5, 5.41) is 0.639. The SMILES string of the molecule is Cc1ccc2sc(N(CCN(C)C)C(=O)c3ccc(S(=O)(=O)N(C)C)cc3)nc2c1C.Cl. The molecule has 3 rings (SSSR count). The van der Waals surface area contributed by atoms with Crippen molar-refractivity contribution in [3.8, 4) is 0 Å². The second-order valence-electron chi connectivity index (χ2n) is 7.92. The molecule has 174 valence electrons. The van der Waals surface area contributed by atoms with E-state index in [9.17, 15) is 13.2 Å². The molecular weight excluding hydrogens is 468 g/mol. The molecule has 0 aliphatic heterocycles. The van der Waals surface area contributed by atoms with Crippen LogP contribution in [0.25, 0.3) is 10.2 Å². The van der Waals surface area contributed by atoms with E-state index < -0.39 is 10.0 Å². The molecule has 0 fully saturated rings. The zero-order chi connectivity index (χ0) is 22.9. The number of rotatable bonds is 7. The van der Waals surface area contributed by atoms with E-state index in [2.05, 4.69) is 6.07 Å². The second kappa shape index (κ2) is 10.3. The summed E-state index contributed by atoms with van der Waals surface area (Å²) in [5.41, 5.74) is 3.60. The number of likely N-dealkylation sites (N-methyl/N-ethyl adjacent to an activating group) is 1. The molecule has 3 aromatic rings. The Balaban J connectivity index is 0.00000363. The van der Waals surface area contributed by atoms with Gasteiger partial charge in [-0.25, -0.2) is 17.7 Å². The van der Waals surface area contributed by atoms with E-state index in [1.807, 2.05) is 38.9 Å². The number of hydrogen-bond acceptors (Lipinski definition) is 6. The summed E-state index contributed by atoms with van der Waals surface area (Å²) < 4.78 is 26.8. The van der Waals surface area contributed by atoms with Crippen LogP contribution in [0, 0.1) is 13.8 Å². The number of halogens is 1. The summed E-state index contributed by atoms with van der Waals surface area (Å²) in [5.74, 6) is -0.205. The van der Waals surface area contributed by atoms with Crippen LogP contribution >= 0.6 is 23.7 Å². The van der Waals surface area contributed by atoms with E-state index in [4.69, 9.17) is 4.98 Å². The first-order chi connectivity index (χ1) is 14.5. The largest absolute Gasteiger partial charge is 0.308 e. The summed E-state index contributed by atoms with van der Waals surface area (Å²) in [6, 6.07) is 10.2. The molecule has 10 heteroatoms. The summed E-state index contributed by atoms with van der Waals surface area (Å²) in [6.45, 7) is 5.23. The van der Waals surface area contributed by atoms with Crippen molar-refractivity contribution in [3.63, 3.8) is 0 Å². The molecule has 32 heavy (non-hydrogen) atoms. The minimum Gasteiger partial charge on any atom is -0.308 e. The number of sulfonamides is 1. The number of nitrogens with zero attached hydrogens (tertiary/aromatic N) is 4. The molecule has 0 saturated heterocycles.